The van der Waals surface area contributed by atoms with Crippen LogP contribution in [0.25, 0.3) is 0 Å². The number of aryl methyl sites for hydroxylation is 2. The van der Waals surface area contributed by atoms with Crippen molar-refractivity contribution in [3.8, 4) is 5.75 Å². The molecule has 0 saturated carbocycles. The van der Waals surface area contributed by atoms with E-state index < -0.39 is 24.3 Å². The molecular formula is C13H15F6NO. The minimum absolute atomic E-state index is 0.201. The van der Waals surface area contributed by atoms with Crippen LogP contribution in [0.15, 0.2) is 12.1 Å². The summed E-state index contributed by atoms with van der Waals surface area (Å²) in [5.41, 5.74) is 5.72. The van der Waals surface area contributed by atoms with Gasteiger partial charge in [-0.15, -0.1) is 0 Å². The standard InChI is InChI=1S/C13H15F6NO/c1-6-5-9(21-3)7(2)4-8(6)10(20)11(12(14,15)16)13(17,18)19/h4-5,10-11H,20H2,1-3H3. The van der Waals surface area contributed by atoms with Crippen LogP contribution in [0.3, 0.4) is 0 Å². The van der Waals surface area contributed by atoms with E-state index in [1.165, 1.54) is 33.1 Å². The average molecular weight is 315 g/mol. The van der Waals surface area contributed by atoms with Crippen LogP contribution in [0, 0.1) is 19.8 Å². The van der Waals surface area contributed by atoms with Gasteiger partial charge in [-0.05, 0) is 36.6 Å². The van der Waals surface area contributed by atoms with Crippen LogP contribution in [0.5, 0.6) is 5.75 Å². The quantitative estimate of drug-likeness (QED) is 0.854. The summed E-state index contributed by atoms with van der Waals surface area (Å²) in [6, 6.07) is 0.340. The molecule has 0 heterocycles. The SMILES string of the molecule is COc1cc(C)c(C(N)C(C(F)(F)F)C(F)(F)F)cc1C. The predicted octanol–water partition coefficient (Wildman–Crippen LogP) is 4.05. The van der Waals surface area contributed by atoms with Crippen molar-refractivity contribution >= 4 is 0 Å². The summed E-state index contributed by atoms with van der Waals surface area (Å²) in [6.07, 6.45) is -10.9. The normalized spacial score (nSPS) is 14.4. The highest BCUT2D eigenvalue weighted by atomic mass is 19.4. The van der Waals surface area contributed by atoms with Crippen LogP contribution in [0.2, 0.25) is 0 Å². The number of nitrogens with two attached hydrogens (primary N) is 1. The number of rotatable bonds is 3. The summed E-state index contributed by atoms with van der Waals surface area (Å²) in [5.74, 6) is -3.24. The number of halogens is 6. The lowest BCUT2D eigenvalue weighted by Gasteiger charge is -2.29. The molecule has 0 aliphatic carbocycles. The van der Waals surface area contributed by atoms with E-state index in [1.54, 1.807) is 0 Å². The fourth-order valence-electron chi connectivity index (χ4n) is 2.16. The molecule has 8 heteroatoms. The lowest BCUT2D eigenvalue weighted by Crippen LogP contribution is -2.44. The Labute approximate surface area is 117 Å². The summed E-state index contributed by atoms with van der Waals surface area (Å²) >= 11 is 0. The van der Waals surface area contributed by atoms with Gasteiger partial charge in [0.05, 0.1) is 13.2 Å². The van der Waals surface area contributed by atoms with Crippen LogP contribution in [0.4, 0.5) is 26.3 Å². The Kier molecular flexibility index (Phi) is 4.82. The molecule has 1 unspecified atom stereocenters. The highest BCUT2D eigenvalue weighted by molar-refractivity contribution is 5.43. The Morgan fingerprint density at radius 2 is 1.43 bits per heavy atom. The van der Waals surface area contributed by atoms with Crippen molar-refractivity contribution in [1.82, 2.24) is 0 Å². The summed E-state index contributed by atoms with van der Waals surface area (Å²) in [6.45, 7) is 2.91. The highest BCUT2D eigenvalue weighted by Crippen LogP contribution is 2.46. The largest absolute Gasteiger partial charge is 0.496 e. The smallest absolute Gasteiger partial charge is 0.402 e. The van der Waals surface area contributed by atoms with Crippen molar-refractivity contribution in [2.45, 2.75) is 32.2 Å². The van der Waals surface area contributed by atoms with E-state index in [2.05, 4.69) is 0 Å². The van der Waals surface area contributed by atoms with Gasteiger partial charge in [0.15, 0.2) is 5.92 Å². The molecule has 21 heavy (non-hydrogen) atoms. The third-order valence-electron chi connectivity index (χ3n) is 3.21. The molecule has 0 amide bonds. The van der Waals surface area contributed by atoms with Gasteiger partial charge in [0.2, 0.25) is 0 Å². The van der Waals surface area contributed by atoms with E-state index in [0.29, 0.717) is 11.3 Å². The molecule has 0 spiro atoms. The van der Waals surface area contributed by atoms with Gasteiger partial charge in [-0.3, -0.25) is 0 Å². The topological polar surface area (TPSA) is 35.2 Å². The Balaban J connectivity index is 3.34. The maximum absolute atomic E-state index is 12.7. The molecule has 2 N–H and O–H groups in total. The molecule has 120 valence electrons. The Hall–Kier alpha value is -1.44. The molecule has 1 aromatic carbocycles. The van der Waals surface area contributed by atoms with Crippen molar-refractivity contribution in [3.63, 3.8) is 0 Å². The van der Waals surface area contributed by atoms with E-state index in [-0.39, 0.29) is 11.1 Å². The monoisotopic (exact) mass is 315 g/mol. The predicted molar refractivity (Wildman–Crippen MR) is 65.0 cm³/mol. The first kappa shape index (κ1) is 17.6. The zero-order valence-electron chi connectivity index (χ0n) is 11.6. The maximum atomic E-state index is 12.7. The van der Waals surface area contributed by atoms with Crippen LogP contribution < -0.4 is 10.5 Å². The van der Waals surface area contributed by atoms with Crippen LogP contribution in [-0.2, 0) is 0 Å². The van der Waals surface area contributed by atoms with E-state index in [4.69, 9.17) is 10.5 Å². The zero-order chi connectivity index (χ0) is 16.6. The first-order valence-corrected chi connectivity index (χ1v) is 5.93. The molecule has 1 aromatic rings. The first-order chi connectivity index (χ1) is 9.39. The van der Waals surface area contributed by atoms with Gasteiger partial charge < -0.3 is 10.5 Å². The van der Waals surface area contributed by atoms with E-state index in [9.17, 15) is 26.3 Å². The fourth-order valence-corrected chi connectivity index (χ4v) is 2.16. The molecule has 0 radical (unpaired) electrons. The summed E-state index contributed by atoms with van der Waals surface area (Å²) in [4.78, 5) is 0. The summed E-state index contributed by atoms with van der Waals surface area (Å²) < 4.78 is 81.2. The van der Waals surface area contributed by atoms with Gasteiger partial charge >= 0.3 is 12.4 Å². The minimum atomic E-state index is -5.47. The molecule has 0 saturated heterocycles. The molecule has 2 nitrogen and oxygen atoms in total. The molecule has 1 rings (SSSR count). The van der Waals surface area contributed by atoms with Gasteiger partial charge in [0.1, 0.15) is 5.75 Å². The van der Waals surface area contributed by atoms with Gasteiger partial charge in [-0.25, -0.2) is 0 Å². The van der Waals surface area contributed by atoms with Crippen molar-refractivity contribution in [2.24, 2.45) is 11.7 Å². The molecule has 0 aromatic heterocycles. The third-order valence-corrected chi connectivity index (χ3v) is 3.21. The van der Waals surface area contributed by atoms with Crippen LogP contribution in [0.1, 0.15) is 22.7 Å². The Morgan fingerprint density at radius 3 is 1.81 bits per heavy atom. The zero-order valence-corrected chi connectivity index (χ0v) is 11.6. The van der Waals surface area contributed by atoms with E-state index >= 15 is 0 Å². The number of benzene rings is 1. The van der Waals surface area contributed by atoms with E-state index in [1.807, 2.05) is 0 Å². The molecule has 0 fully saturated rings. The van der Waals surface area contributed by atoms with Gasteiger partial charge in [0, 0.05) is 0 Å². The number of alkyl halides is 6. The van der Waals surface area contributed by atoms with E-state index in [0.717, 1.165) is 0 Å². The van der Waals surface area contributed by atoms with Crippen molar-refractivity contribution in [2.75, 3.05) is 7.11 Å². The van der Waals surface area contributed by atoms with Crippen molar-refractivity contribution in [1.29, 1.82) is 0 Å². The van der Waals surface area contributed by atoms with Gasteiger partial charge in [-0.1, -0.05) is 6.07 Å². The van der Waals surface area contributed by atoms with Crippen molar-refractivity contribution in [3.05, 3.63) is 28.8 Å². The number of hydrogen-bond donors (Lipinski definition) is 1. The lowest BCUT2D eigenvalue weighted by atomic mass is 9.88. The number of ether oxygens (including phenoxy) is 1. The molecule has 1 atom stereocenters. The second kappa shape index (κ2) is 5.75. The molecule has 0 bridgehead atoms. The third kappa shape index (κ3) is 3.81. The van der Waals surface area contributed by atoms with Gasteiger partial charge in [-0.2, -0.15) is 26.3 Å². The first-order valence-electron chi connectivity index (χ1n) is 5.93. The second-order valence-corrected chi connectivity index (χ2v) is 4.77. The molecular weight excluding hydrogens is 300 g/mol. The van der Waals surface area contributed by atoms with Crippen molar-refractivity contribution < 1.29 is 31.1 Å². The molecule has 0 aliphatic heterocycles. The summed E-state index contributed by atoms with van der Waals surface area (Å²) in [7, 11) is 1.36. The van der Waals surface area contributed by atoms with Crippen LogP contribution >= 0.6 is 0 Å². The maximum Gasteiger partial charge on any atom is 0.402 e. The van der Waals surface area contributed by atoms with Crippen LogP contribution in [-0.4, -0.2) is 19.5 Å². The highest BCUT2D eigenvalue weighted by Gasteiger charge is 2.59. The number of hydrogen-bond acceptors (Lipinski definition) is 2. The minimum Gasteiger partial charge on any atom is -0.496 e. The fraction of sp³-hybridized carbons (Fsp3) is 0.538. The lowest BCUT2D eigenvalue weighted by molar-refractivity contribution is -0.290. The number of methoxy groups -OCH3 is 1. The molecule has 0 aliphatic rings. The summed E-state index contributed by atoms with van der Waals surface area (Å²) in [5, 5.41) is 0. The Morgan fingerprint density at radius 1 is 0.952 bits per heavy atom. The second-order valence-electron chi connectivity index (χ2n) is 4.77. The van der Waals surface area contributed by atoms with Gasteiger partial charge in [0.25, 0.3) is 0 Å². The average Bonchev–Trinajstić information content (AvgIpc) is 2.27. The Bertz CT molecular complexity index is 495.